The Morgan fingerprint density at radius 2 is 2.00 bits per heavy atom. The average Bonchev–Trinajstić information content (AvgIpc) is 2.69. The SMILES string of the molecule is Cc1ccc(CN(C)Cc2c(N)cccc2Cl)o1. The summed E-state index contributed by atoms with van der Waals surface area (Å²) in [5, 5.41) is 0.706. The van der Waals surface area contributed by atoms with E-state index in [1.165, 1.54) is 0 Å². The van der Waals surface area contributed by atoms with Crippen LogP contribution in [-0.2, 0) is 13.1 Å². The molecule has 0 aliphatic heterocycles. The topological polar surface area (TPSA) is 42.4 Å². The lowest BCUT2D eigenvalue weighted by molar-refractivity contribution is 0.285. The van der Waals surface area contributed by atoms with E-state index in [1.54, 1.807) is 0 Å². The molecule has 1 aromatic carbocycles. The second kappa shape index (κ2) is 5.46. The minimum Gasteiger partial charge on any atom is -0.465 e. The highest BCUT2D eigenvalue weighted by Gasteiger charge is 2.09. The van der Waals surface area contributed by atoms with Crippen LogP contribution in [0, 0.1) is 6.92 Å². The van der Waals surface area contributed by atoms with Crippen LogP contribution in [0.15, 0.2) is 34.7 Å². The van der Waals surface area contributed by atoms with E-state index in [9.17, 15) is 0 Å². The highest BCUT2D eigenvalue weighted by Crippen LogP contribution is 2.23. The molecule has 1 heterocycles. The molecule has 0 aliphatic carbocycles. The number of hydrogen-bond acceptors (Lipinski definition) is 3. The van der Waals surface area contributed by atoms with Crippen LogP contribution in [0.3, 0.4) is 0 Å². The van der Waals surface area contributed by atoms with E-state index >= 15 is 0 Å². The maximum absolute atomic E-state index is 6.15. The Hall–Kier alpha value is -1.45. The molecule has 0 radical (unpaired) electrons. The summed E-state index contributed by atoms with van der Waals surface area (Å²) in [6.45, 7) is 3.37. The number of benzene rings is 1. The molecule has 0 atom stereocenters. The van der Waals surface area contributed by atoms with Crippen molar-refractivity contribution in [3.63, 3.8) is 0 Å². The number of halogens is 1. The van der Waals surface area contributed by atoms with E-state index in [0.29, 0.717) is 11.6 Å². The van der Waals surface area contributed by atoms with E-state index in [2.05, 4.69) is 4.90 Å². The second-order valence-corrected chi connectivity index (χ2v) is 4.90. The summed E-state index contributed by atoms with van der Waals surface area (Å²) in [6.07, 6.45) is 0. The van der Waals surface area contributed by atoms with Gasteiger partial charge in [-0.1, -0.05) is 17.7 Å². The monoisotopic (exact) mass is 264 g/mol. The first-order valence-electron chi connectivity index (χ1n) is 5.83. The van der Waals surface area contributed by atoms with Crippen LogP contribution >= 0.6 is 11.6 Å². The highest BCUT2D eigenvalue weighted by molar-refractivity contribution is 6.31. The number of nitrogens with two attached hydrogens (primary N) is 1. The van der Waals surface area contributed by atoms with E-state index in [1.807, 2.05) is 44.3 Å². The average molecular weight is 265 g/mol. The van der Waals surface area contributed by atoms with Gasteiger partial charge in [0.25, 0.3) is 0 Å². The third-order valence-electron chi connectivity index (χ3n) is 2.80. The first-order chi connectivity index (χ1) is 8.56. The molecule has 18 heavy (non-hydrogen) atoms. The first-order valence-corrected chi connectivity index (χ1v) is 6.21. The number of aryl methyl sites for hydroxylation is 1. The summed E-state index contributed by atoms with van der Waals surface area (Å²) in [4.78, 5) is 2.12. The fourth-order valence-corrected chi connectivity index (χ4v) is 2.15. The summed E-state index contributed by atoms with van der Waals surface area (Å²) in [5.41, 5.74) is 7.62. The molecule has 1 aromatic heterocycles. The molecule has 0 aliphatic rings. The number of anilines is 1. The molecule has 2 N–H and O–H groups in total. The fourth-order valence-electron chi connectivity index (χ4n) is 1.90. The lowest BCUT2D eigenvalue weighted by atomic mass is 10.1. The van der Waals surface area contributed by atoms with Gasteiger partial charge in [-0.15, -0.1) is 0 Å². The standard InChI is InChI=1S/C14H17ClN2O/c1-10-6-7-11(18-10)8-17(2)9-12-13(15)4-3-5-14(12)16/h3-7H,8-9,16H2,1-2H3. The second-order valence-electron chi connectivity index (χ2n) is 4.49. The third-order valence-corrected chi connectivity index (χ3v) is 3.16. The lowest BCUT2D eigenvalue weighted by Gasteiger charge is -2.17. The smallest absolute Gasteiger partial charge is 0.118 e. The molecule has 2 rings (SSSR count). The minimum absolute atomic E-state index is 0.700. The van der Waals surface area contributed by atoms with Gasteiger partial charge in [-0.05, 0) is 38.2 Å². The van der Waals surface area contributed by atoms with Crippen LogP contribution in [0.25, 0.3) is 0 Å². The Balaban J connectivity index is 2.05. The van der Waals surface area contributed by atoms with Gasteiger partial charge in [0, 0.05) is 22.8 Å². The zero-order chi connectivity index (χ0) is 13.1. The molecule has 2 aromatic rings. The molecule has 0 fully saturated rings. The maximum atomic E-state index is 6.15. The predicted molar refractivity (Wildman–Crippen MR) is 74.5 cm³/mol. The maximum Gasteiger partial charge on any atom is 0.118 e. The van der Waals surface area contributed by atoms with E-state index in [4.69, 9.17) is 21.8 Å². The van der Waals surface area contributed by atoms with Crippen molar-refractivity contribution in [1.82, 2.24) is 4.90 Å². The third kappa shape index (κ3) is 3.06. The van der Waals surface area contributed by atoms with Gasteiger partial charge in [-0.3, -0.25) is 4.90 Å². The van der Waals surface area contributed by atoms with Gasteiger partial charge in [0.15, 0.2) is 0 Å². The summed E-state index contributed by atoms with van der Waals surface area (Å²) in [6, 6.07) is 9.54. The van der Waals surface area contributed by atoms with Gasteiger partial charge in [0.2, 0.25) is 0 Å². The van der Waals surface area contributed by atoms with Crippen molar-refractivity contribution in [3.05, 3.63) is 52.4 Å². The Labute approximate surface area is 112 Å². The minimum atomic E-state index is 0.700. The van der Waals surface area contributed by atoms with Gasteiger partial charge in [0.05, 0.1) is 6.54 Å². The quantitative estimate of drug-likeness (QED) is 0.860. The van der Waals surface area contributed by atoms with Gasteiger partial charge >= 0.3 is 0 Å². The van der Waals surface area contributed by atoms with Crippen LogP contribution in [0.5, 0.6) is 0 Å². The summed E-state index contributed by atoms with van der Waals surface area (Å²) in [7, 11) is 2.01. The zero-order valence-corrected chi connectivity index (χ0v) is 11.4. The molecule has 0 saturated heterocycles. The van der Waals surface area contributed by atoms with Crippen LogP contribution in [0.4, 0.5) is 5.69 Å². The molecule has 0 amide bonds. The molecular formula is C14H17ClN2O. The fraction of sp³-hybridized carbons (Fsp3) is 0.286. The summed E-state index contributed by atoms with van der Waals surface area (Å²) >= 11 is 6.15. The van der Waals surface area contributed by atoms with E-state index in [-0.39, 0.29) is 0 Å². The van der Waals surface area contributed by atoms with Crippen LogP contribution in [-0.4, -0.2) is 11.9 Å². The van der Waals surface area contributed by atoms with Crippen LogP contribution in [0.1, 0.15) is 17.1 Å². The molecule has 0 bridgehead atoms. The Kier molecular flexibility index (Phi) is 3.94. The number of nitrogens with zero attached hydrogens (tertiary/aromatic N) is 1. The van der Waals surface area contributed by atoms with Crippen LogP contribution < -0.4 is 5.73 Å². The van der Waals surface area contributed by atoms with Crippen LogP contribution in [0.2, 0.25) is 5.02 Å². The lowest BCUT2D eigenvalue weighted by Crippen LogP contribution is -2.18. The highest BCUT2D eigenvalue weighted by atomic mass is 35.5. The molecular weight excluding hydrogens is 248 g/mol. The number of nitrogen functional groups attached to an aromatic ring is 1. The van der Waals surface area contributed by atoms with Crippen molar-refractivity contribution < 1.29 is 4.42 Å². The van der Waals surface area contributed by atoms with Gasteiger partial charge in [-0.2, -0.15) is 0 Å². The van der Waals surface area contributed by atoms with Crippen molar-refractivity contribution >= 4 is 17.3 Å². The van der Waals surface area contributed by atoms with E-state index < -0.39 is 0 Å². The van der Waals surface area contributed by atoms with Crippen molar-refractivity contribution in [2.24, 2.45) is 0 Å². The summed E-state index contributed by atoms with van der Waals surface area (Å²) in [5.74, 6) is 1.87. The predicted octanol–water partition coefficient (Wildman–Crippen LogP) is 3.46. The molecule has 4 heteroatoms. The number of furan rings is 1. The molecule has 0 saturated carbocycles. The van der Waals surface area contributed by atoms with E-state index in [0.717, 1.165) is 29.3 Å². The van der Waals surface area contributed by atoms with Crippen molar-refractivity contribution in [1.29, 1.82) is 0 Å². The van der Waals surface area contributed by atoms with Crippen molar-refractivity contribution in [2.75, 3.05) is 12.8 Å². The largest absolute Gasteiger partial charge is 0.465 e. The Bertz CT molecular complexity index is 516. The van der Waals surface area contributed by atoms with Gasteiger partial charge in [0.1, 0.15) is 11.5 Å². The Morgan fingerprint density at radius 1 is 1.22 bits per heavy atom. The number of hydrogen-bond donors (Lipinski definition) is 1. The Morgan fingerprint density at radius 3 is 2.61 bits per heavy atom. The first kappa shape index (κ1) is 13.0. The van der Waals surface area contributed by atoms with Crippen molar-refractivity contribution in [2.45, 2.75) is 20.0 Å². The summed E-state index contributed by atoms with van der Waals surface area (Å²) < 4.78 is 5.55. The normalized spacial score (nSPS) is 11.1. The molecule has 0 spiro atoms. The number of rotatable bonds is 4. The van der Waals surface area contributed by atoms with Gasteiger partial charge < -0.3 is 10.2 Å². The van der Waals surface area contributed by atoms with Crippen molar-refractivity contribution in [3.8, 4) is 0 Å². The zero-order valence-electron chi connectivity index (χ0n) is 10.6. The molecule has 3 nitrogen and oxygen atoms in total. The molecule has 0 unspecified atom stereocenters. The molecule has 96 valence electrons. The van der Waals surface area contributed by atoms with Gasteiger partial charge in [-0.25, -0.2) is 0 Å².